The molecule has 4 heteroatoms. The lowest BCUT2D eigenvalue weighted by molar-refractivity contribution is -0.132. The molecule has 3 atom stereocenters. The molecule has 1 amide bonds. The van der Waals surface area contributed by atoms with Gasteiger partial charge in [-0.2, -0.15) is 0 Å². The third kappa shape index (κ3) is 3.18. The Hall–Kier alpha value is -0.610. The van der Waals surface area contributed by atoms with E-state index in [-0.39, 0.29) is 36.5 Å². The number of amides is 1. The summed E-state index contributed by atoms with van der Waals surface area (Å²) in [6.07, 6.45) is 0.599. The summed E-state index contributed by atoms with van der Waals surface area (Å²) in [5, 5.41) is 11.9. The largest absolute Gasteiger partial charge is 0.394 e. The number of ether oxygens (including phenoxy) is 1. The second-order valence-corrected chi connectivity index (χ2v) is 4.60. The minimum Gasteiger partial charge on any atom is -0.394 e. The molecule has 15 heavy (non-hydrogen) atoms. The molecule has 4 nitrogen and oxygen atoms in total. The van der Waals surface area contributed by atoms with Gasteiger partial charge in [-0.3, -0.25) is 4.79 Å². The summed E-state index contributed by atoms with van der Waals surface area (Å²) in [6, 6.07) is -0.172. The van der Waals surface area contributed by atoms with Crippen LogP contribution in [0.25, 0.3) is 0 Å². The normalized spacial score (nSPS) is 28.1. The summed E-state index contributed by atoms with van der Waals surface area (Å²) in [6.45, 7) is 6.59. The van der Waals surface area contributed by atoms with Crippen LogP contribution in [0.1, 0.15) is 27.2 Å². The van der Waals surface area contributed by atoms with Crippen molar-refractivity contribution in [1.82, 2.24) is 5.32 Å². The van der Waals surface area contributed by atoms with Gasteiger partial charge in [-0.15, -0.1) is 0 Å². The van der Waals surface area contributed by atoms with Crippen LogP contribution in [0.15, 0.2) is 0 Å². The first-order valence-corrected chi connectivity index (χ1v) is 5.59. The highest BCUT2D eigenvalue weighted by atomic mass is 16.5. The SMILES string of the molecule is CC1CCOC1C(=O)N[C@H](CO)C(C)C. The highest BCUT2D eigenvalue weighted by molar-refractivity contribution is 5.81. The molecule has 0 bridgehead atoms. The van der Waals surface area contributed by atoms with Crippen LogP contribution in [-0.2, 0) is 9.53 Å². The number of rotatable bonds is 4. The summed E-state index contributed by atoms with van der Waals surface area (Å²) >= 11 is 0. The predicted molar refractivity (Wildman–Crippen MR) is 57.4 cm³/mol. The van der Waals surface area contributed by atoms with Crippen molar-refractivity contribution >= 4 is 5.91 Å². The smallest absolute Gasteiger partial charge is 0.249 e. The molecule has 2 unspecified atom stereocenters. The van der Waals surface area contributed by atoms with E-state index < -0.39 is 0 Å². The Labute approximate surface area is 91.0 Å². The van der Waals surface area contributed by atoms with Gasteiger partial charge in [0.2, 0.25) is 5.91 Å². The molecule has 0 aromatic heterocycles. The average molecular weight is 215 g/mol. The van der Waals surface area contributed by atoms with Crippen LogP contribution in [0.3, 0.4) is 0 Å². The van der Waals surface area contributed by atoms with Crippen LogP contribution < -0.4 is 5.32 Å². The monoisotopic (exact) mass is 215 g/mol. The number of aliphatic hydroxyl groups is 1. The third-order valence-corrected chi connectivity index (χ3v) is 2.97. The zero-order valence-electron chi connectivity index (χ0n) is 9.69. The van der Waals surface area contributed by atoms with Crippen molar-refractivity contribution < 1.29 is 14.6 Å². The van der Waals surface area contributed by atoms with Gasteiger partial charge in [-0.05, 0) is 18.3 Å². The lowest BCUT2D eigenvalue weighted by atomic mass is 10.0. The first-order chi connectivity index (χ1) is 7.06. The molecule has 1 fully saturated rings. The lowest BCUT2D eigenvalue weighted by Gasteiger charge is -2.23. The topological polar surface area (TPSA) is 58.6 Å². The standard InChI is InChI=1S/C11H21NO3/c1-7(2)9(6-13)12-11(14)10-8(3)4-5-15-10/h7-10,13H,4-6H2,1-3H3,(H,12,14)/t8?,9-,10?/m1/s1. The maximum absolute atomic E-state index is 11.8. The van der Waals surface area contributed by atoms with E-state index in [9.17, 15) is 4.79 Å². The van der Waals surface area contributed by atoms with E-state index >= 15 is 0 Å². The fourth-order valence-electron chi connectivity index (χ4n) is 1.72. The molecule has 0 aromatic rings. The molecule has 1 rings (SSSR count). The van der Waals surface area contributed by atoms with Crippen LogP contribution in [0.4, 0.5) is 0 Å². The molecule has 1 saturated heterocycles. The summed E-state index contributed by atoms with van der Waals surface area (Å²) < 4.78 is 5.36. The highest BCUT2D eigenvalue weighted by Crippen LogP contribution is 2.20. The molecular weight excluding hydrogens is 194 g/mol. The van der Waals surface area contributed by atoms with Gasteiger partial charge in [0.05, 0.1) is 12.6 Å². The summed E-state index contributed by atoms with van der Waals surface area (Å²) in [7, 11) is 0. The molecule has 0 spiro atoms. The first-order valence-electron chi connectivity index (χ1n) is 5.59. The Morgan fingerprint density at radius 2 is 2.27 bits per heavy atom. The van der Waals surface area contributed by atoms with Crippen molar-refractivity contribution in [1.29, 1.82) is 0 Å². The Balaban J connectivity index is 2.46. The zero-order valence-corrected chi connectivity index (χ0v) is 9.69. The van der Waals surface area contributed by atoms with Crippen molar-refractivity contribution in [2.24, 2.45) is 11.8 Å². The highest BCUT2D eigenvalue weighted by Gasteiger charge is 2.32. The Bertz CT molecular complexity index is 218. The fraction of sp³-hybridized carbons (Fsp3) is 0.909. The molecule has 2 N–H and O–H groups in total. The molecular formula is C11H21NO3. The van der Waals surface area contributed by atoms with E-state index in [0.29, 0.717) is 6.61 Å². The average Bonchev–Trinajstić information content (AvgIpc) is 2.60. The van der Waals surface area contributed by atoms with Crippen LogP contribution in [0.2, 0.25) is 0 Å². The van der Waals surface area contributed by atoms with Gasteiger partial charge in [-0.1, -0.05) is 20.8 Å². The number of carbonyl (C=O) groups excluding carboxylic acids is 1. The van der Waals surface area contributed by atoms with Gasteiger partial charge in [0.25, 0.3) is 0 Å². The maximum Gasteiger partial charge on any atom is 0.249 e. The fourth-order valence-corrected chi connectivity index (χ4v) is 1.72. The Morgan fingerprint density at radius 1 is 1.60 bits per heavy atom. The van der Waals surface area contributed by atoms with Crippen LogP contribution in [-0.4, -0.2) is 36.4 Å². The molecule has 0 saturated carbocycles. The minimum atomic E-state index is -0.335. The lowest BCUT2D eigenvalue weighted by Crippen LogP contribution is -2.47. The second-order valence-electron chi connectivity index (χ2n) is 4.60. The minimum absolute atomic E-state index is 0.0233. The number of hydrogen-bond acceptors (Lipinski definition) is 3. The first kappa shape index (κ1) is 12.5. The van der Waals surface area contributed by atoms with Gasteiger partial charge in [0.15, 0.2) is 0 Å². The number of nitrogens with one attached hydrogen (secondary N) is 1. The zero-order chi connectivity index (χ0) is 11.4. The molecule has 0 aromatic carbocycles. The number of hydrogen-bond donors (Lipinski definition) is 2. The Kier molecular flexibility index (Phi) is 4.54. The Morgan fingerprint density at radius 3 is 2.67 bits per heavy atom. The second kappa shape index (κ2) is 5.47. The van der Waals surface area contributed by atoms with E-state index in [1.54, 1.807) is 0 Å². The van der Waals surface area contributed by atoms with Crippen LogP contribution in [0, 0.1) is 11.8 Å². The summed E-state index contributed by atoms with van der Waals surface area (Å²) in [5.74, 6) is 0.417. The predicted octanol–water partition coefficient (Wildman–Crippen LogP) is 0.544. The van der Waals surface area contributed by atoms with E-state index in [4.69, 9.17) is 9.84 Å². The molecule has 0 radical (unpaired) electrons. The van der Waals surface area contributed by atoms with Gasteiger partial charge < -0.3 is 15.2 Å². The van der Waals surface area contributed by atoms with Gasteiger partial charge in [0, 0.05) is 6.61 Å². The van der Waals surface area contributed by atoms with Crippen molar-refractivity contribution in [3.05, 3.63) is 0 Å². The van der Waals surface area contributed by atoms with Crippen molar-refractivity contribution in [3.8, 4) is 0 Å². The van der Waals surface area contributed by atoms with Gasteiger partial charge in [-0.25, -0.2) is 0 Å². The summed E-state index contributed by atoms with van der Waals surface area (Å²) in [5.41, 5.74) is 0. The van der Waals surface area contributed by atoms with Gasteiger partial charge in [0.1, 0.15) is 6.10 Å². The van der Waals surface area contributed by atoms with E-state index in [1.807, 2.05) is 20.8 Å². The quantitative estimate of drug-likeness (QED) is 0.720. The number of aliphatic hydroxyl groups excluding tert-OH is 1. The van der Waals surface area contributed by atoms with Crippen molar-refractivity contribution in [2.45, 2.75) is 39.3 Å². The van der Waals surface area contributed by atoms with Gasteiger partial charge >= 0.3 is 0 Å². The number of carbonyl (C=O) groups is 1. The van der Waals surface area contributed by atoms with E-state index in [0.717, 1.165) is 6.42 Å². The molecule has 88 valence electrons. The maximum atomic E-state index is 11.8. The van der Waals surface area contributed by atoms with Crippen LogP contribution >= 0.6 is 0 Å². The molecule has 1 heterocycles. The third-order valence-electron chi connectivity index (χ3n) is 2.97. The molecule has 1 aliphatic rings. The van der Waals surface area contributed by atoms with Crippen molar-refractivity contribution in [3.63, 3.8) is 0 Å². The van der Waals surface area contributed by atoms with E-state index in [1.165, 1.54) is 0 Å². The van der Waals surface area contributed by atoms with Crippen LogP contribution in [0.5, 0.6) is 0 Å². The van der Waals surface area contributed by atoms with Crippen molar-refractivity contribution in [2.75, 3.05) is 13.2 Å². The summed E-state index contributed by atoms with van der Waals surface area (Å²) in [4.78, 5) is 11.8. The van der Waals surface area contributed by atoms with E-state index in [2.05, 4.69) is 5.32 Å². The molecule has 0 aliphatic carbocycles. The molecule has 1 aliphatic heterocycles.